The number of benzene rings is 2. The van der Waals surface area contributed by atoms with E-state index in [2.05, 4.69) is 10.3 Å². The van der Waals surface area contributed by atoms with Crippen molar-refractivity contribution in [3.8, 4) is 11.4 Å². The molecule has 28 heavy (non-hydrogen) atoms. The standard InChI is InChI=1S/C21H25N3O4/c1-4-27-20(28-5-2)13-22-21(25)15-6-11-19-18(12-15)23-14-24(19)16-7-9-17(26-3)10-8-16/h6-12,14,20H,4-5,13H2,1-3H3,(H,22,25). The molecule has 0 atom stereocenters. The van der Waals surface area contributed by atoms with Gasteiger partial charge in [-0.05, 0) is 56.3 Å². The van der Waals surface area contributed by atoms with Crippen LogP contribution in [0, 0.1) is 0 Å². The smallest absolute Gasteiger partial charge is 0.251 e. The predicted molar refractivity (Wildman–Crippen MR) is 107 cm³/mol. The maximum Gasteiger partial charge on any atom is 0.251 e. The molecule has 1 N–H and O–H groups in total. The molecule has 1 amide bonds. The van der Waals surface area contributed by atoms with Gasteiger partial charge in [-0.3, -0.25) is 9.36 Å². The lowest BCUT2D eigenvalue weighted by molar-refractivity contribution is -0.131. The molecule has 0 radical (unpaired) electrons. The maximum absolute atomic E-state index is 12.5. The quantitative estimate of drug-likeness (QED) is 0.575. The van der Waals surface area contributed by atoms with Crippen LogP contribution in [0.25, 0.3) is 16.7 Å². The van der Waals surface area contributed by atoms with Crippen LogP contribution in [0.15, 0.2) is 48.8 Å². The van der Waals surface area contributed by atoms with E-state index in [1.807, 2.05) is 48.7 Å². The summed E-state index contributed by atoms with van der Waals surface area (Å²) >= 11 is 0. The molecule has 3 aromatic rings. The van der Waals surface area contributed by atoms with Crippen LogP contribution in [0.2, 0.25) is 0 Å². The van der Waals surface area contributed by atoms with E-state index in [4.69, 9.17) is 14.2 Å². The van der Waals surface area contributed by atoms with Gasteiger partial charge in [0.2, 0.25) is 0 Å². The number of hydrogen-bond donors (Lipinski definition) is 1. The summed E-state index contributed by atoms with van der Waals surface area (Å²) in [5.74, 6) is 0.606. The Labute approximate surface area is 164 Å². The fourth-order valence-electron chi connectivity index (χ4n) is 2.92. The van der Waals surface area contributed by atoms with Crippen LogP contribution in [0.3, 0.4) is 0 Å². The lowest BCUT2D eigenvalue weighted by atomic mass is 10.2. The van der Waals surface area contributed by atoms with E-state index < -0.39 is 6.29 Å². The van der Waals surface area contributed by atoms with Gasteiger partial charge in [-0.1, -0.05) is 0 Å². The van der Waals surface area contributed by atoms with Crippen LogP contribution in [0.1, 0.15) is 24.2 Å². The van der Waals surface area contributed by atoms with Crippen molar-refractivity contribution in [2.75, 3.05) is 26.9 Å². The van der Waals surface area contributed by atoms with Crippen LogP contribution >= 0.6 is 0 Å². The summed E-state index contributed by atoms with van der Waals surface area (Å²) < 4.78 is 18.1. The number of methoxy groups -OCH3 is 1. The second-order valence-electron chi connectivity index (χ2n) is 6.07. The first-order chi connectivity index (χ1) is 13.7. The van der Waals surface area contributed by atoms with Crippen molar-refractivity contribution in [1.82, 2.24) is 14.9 Å². The van der Waals surface area contributed by atoms with Gasteiger partial charge in [0.1, 0.15) is 12.1 Å². The topological polar surface area (TPSA) is 74.6 Å². The number of rotatable bonds is 9. The zero-order chi connectivity index (χ0) is 19.9. The molecule has 0 spiro atoms. The first kappa shape index (κ1) is 19.9. The molecule has 7 heteroatoms. The Morgan fingerprint density at radius 2 is 1.82 bits per heavy atom. The summed E-state index contributed by atoms with van der Waals surface area (Å²) in [6.07, 6.45) is 1.30. The summed E-state index contributed by atoms with van der Waals surface area (Å²) in [6, 6.07) is 13.2. The molecule has 0 aliphatic carbocycles. The van der Waals surface area contributed by atoms with Crippen LogP contribution in [0.5, 0.6) is 5.75 Å². The minimum atomic E-state index is -0.447. The summed E-state index contributed by atoms with van der Waals surface area (Å²) in [6.45, 7) is 5.12. The number of imidazole rings is 1. The number of aromatic nitrogens is 2. The van der Waals surface area contributed by atoms with E-state index >= 15 is 0 Å². The van der Waals surface area contributed by atoms with E-state index in [9.17, 15) is 4.79 Å². The first-order valence-electron chi connectivity index (χ1n) is 9.29. The molecule has 7 nitrogen and oxygen atoms in total. The Kier molecular flexibility index (Phi) is 6.62. The number of amides is 1. The molecule has 0 fully saturated rings. The van der Waals surface area contributed by atoms with Crippen LogP contribution in [-0.4, -0.2) is 48.6 Å². The predicted octanol–water partition coefficient (Wildman–Crippen LogP) is 3.16. The average molecular weight is 383 g/mol. The normalized spacial score (nSPS) is 11.1. The monoisotopic (exact) mass is 383 g/mol. The molecule has 1 heterocycles. The number of carbonyl (C=O) groups excluding carboxylic acids is 1. The van der Waals surface area contributed by atoms with Crippen molar-refractivity contribution < 1.29 is 19.0 Å². The lowest BCUT2D eigenvalue weighted by Crippen LogP contribution is -2.35. The summed E-state index contributed by atoms with van der Waals surface area (Å²) in [5, 5.41) is 2.85. The molecule has 0 saturated carbocycles. The van der Waals surface area contributed by atoms with Gasteiger partial charge in [-0.25, -0.2) is 4.98 Å². The Balaban J connectivity index is 1.74. The third kappa shape index (κ3) is 4.49. The number of hydrogen-bond acceptors (Lipinski definition) is 5. The van der Waals surface area contributed by atoms with E-state index in [1.165, 1.54) is 0 Å². The zero-order valence-corrected chi connectivity index (χ0v) is 16.3. The molecular formula is C21H25N3O4. The fourth-order valence-corrected chi connectivity index (χ4v) is 2.92. The van der Waals surface area contributed by atoms with Gasteiger partial charge in [0.05, 0.1) is 24.7 Å². The van der Waals surface area contributed by atoms with Crippen LogP contribution < -0.4 is 10.1 Å². The molecule has 0 saturated heterocycles. The zero-order valence-electron chi connectivity index (χ0n) is 16.3. The van der Waals surface area contributed by atoms with Crippen molar-refractivity contribution in [1.29, 1.82) is 0 Å². The van der Waals surface area contributed by atoms with Crippen molar-refractivity contribution in [3.63, 3.8) is 0 Å². The van der Waals surface area contributed by atoms with E-state index in [-0.39, 0.29) is 5.91 Å². The van der Waals surface area contributed by atoms with Gasteiger partial charge in [-0.2, -0.15) is 0 Å². The number of ether oxygens (including phenoxy) is 3. The lowest BCUT2D eigenvalue weighted by Gasteiger charge is -2.17. The minimum absolute atomic E-state index is 0.190. The number of nitrogens with one attached hydrogen (secondary N) is 1. The minimum Gasteiger partial charge on any atom is -0.497 e. The van der Waals surface area contributed by atoms with Gasteiger partial charge in [0.15, 0.2) is 6.29 Å². The molecule has 0 aliphatic rings. The molecule has 3 rings (SSSR count). The highest BCUT2D eigenvalue weighted by Crippen LogP contribution is 2.21. The number of carbonyl (C=O) groups is 1. The summed E-state index contributed by atoms with van der Waals surface area (Å²) in [5.41, 5.74) is 3.17. The highest BCUT2D eigenvalue weighted by atomic mass is 16.7. The van der Waals surface area contributed by atoms with Gasteiger partial charge in [-0.15, -0.1) is 0 Å². The average Bonchev–Trinajstić information content (AvgIpc) is 3.15. The van der Waals surface area contributed by atoms with Crippen molar-refractivity contribution >= 4 is 16.9 Å². The van der Waals surface area contributed by atoms with E-state index in [0.717, 1.165) is 22.5 Å². The third-order valence-electron chi connectivity index (χ3n) is 4.29. The summed E-state index contributed by atoms with van der Waals surface area (Å²) in [4.78, 5) is 16.9. The summed E-state index contributed by atoms with van der Waals surface area (Å²) in [7, 11) is 1.64. The Morgan fingerprint density at radius 1 is 1.11 bits per heavy atom. The van der Waals surface area contributed by atoms with Crippen LogP contribution in [0.4, 0.5) is 0 Å². The molecule has 148 valence electrons. The molecule has 0 aliphatic heterocycles. The first-order valence-corrected chi connectivity index (χ1v) is 9.29. The van der Waals surface area contributed by atoms with Gasteiger partial charge in [0, 0.05) is 24.5 Å². The molecule has 0 unspecified atom stereocenters. The molecular weight excluding hydrogens is 358 g/mol. The highest BCUT2D eigenvalue weighted by molar-refractivity contribution is 5.97. The Morgan fingerprint density at radius 3 is 2.46 bits per heavy atom. The number of fused-ring (bicyclic) bond motifs is 1. The number of nitrogens with zero attached hydrogens (tertiary/aromatic N) is 2. The maximum atomic E-state index is 12.5. The van der Waals surface area contributed by atoms with Gasteiger partial charge < -0.3 is 19.5 Å². The molecule has 0 bridgehead atoms. The second kappa shape index (κ2) is 9.34. The molecule has 1 aromatic heterocycles. The Bertz CT molecular complexity index is 915. The van der Waals surface area contributed by atoms with Crippen molar-refractivity contribution in [3.05, 3.63) is 54.4 Å². The van der Waals surface area contributed by atoms with E-state index in [1.54, 1.807) is 25.6 Å². The Hall–Kier alpha value is -2.90. The highest BCUT2D eigenvalue weighted by Gasteiger charge is 2.13. The fraction of sp³-hybridized carbons (Fsp3) is 0.333. The van der Waals surface area contributed by atoms with Crippen molar-refractivity contribution in [2.24, 2.45) is 0 Å². The van der Waals surface area contributed by atoms with Gasteiger partial charge >= 0.3 is 0 Å². The van der Waals surface area contributed by atoms with E-state index in [0.29, 0.717) is 25.3 Å². The van der Waals surface area contributed by atoms with Crippen LogP contribution in [-0.2, 0) is 9.47 Å². The van der Waals surface area contributed by atoms with Gasteiger partial charge in [0.25, 0.3) is 5.91 Å². The largest absolute Gasteiger partial charge is 0.497 e. The van der Waals surface area contributed by atoms with Crippen molar-refractivity contribution in [2.45, 2.75) is 20.1 Å². The second-order valence-corrected chi connectivity index (χ2v) is 6.07. The third-order valence-corrected chi connectivity index (χ3v) is 4.29. The SMILES string of the molecule is CCOC(CNC(=O)c1ccc2c(c1)ncn2-c1ccc(OC)cc1)OCC. The molecule has 2 aromatic carbocycles.